The first kappa shape index (κ1) is 22.7. The molecule has 11 heteroatoms. The fourth-order valence-corrected chi connectivity index (χ4v) is 2.61. The highest BCUT2D eigenvalue weighted by Gasteiger charge is 2.31. The Bertz CT molecular complexity index is 1150. The standard InChI is InChI=1S/C21H16F3N3O5/c1-3-31-20(29)16-18(32-15-10-5-4-9-14(15)19(28)30-2)25-17(27-26-16)12-7-6-8-13(11-12)21(22,23)24/h4-11H,3H2,1-2H3. The number of rotatable bonds is 6. The van der Waals surface area contributed by atoms with Crippen molar-refractivity contribution < 1.29 is 37.0 Å². The lowest BCUT2D eigenvalue weighted by molar-refractivity contribution is -0.137. The Morgan fingerprint density at radius 3 is 2.44 bits per heavy atom. The molecule has 1 aromatic heterocycles. The second-order valence-electron chi connectivity index (χ2n) is 6.18. The molecule has 0 saturated carbocycles. The summed E-state index contributed by atoms with van der Waals surface area (Å²) in [7, 11) is 1.18. The molecule has 3 aromatic rings. The van der Waals surface area contributed by atoms with Crippen molar-refractivity contribution >= 4 is 11.9 Å². The molecule has 32 heavy (non-hydrogen) atoms. The molecule has 0 saturated heterocycles. The van der Waals surface area contributed by atoms with Crippen molar-refractivity contribution in [3.8, 4) is 23.0 Å². The van der Waals surface area contributed by atoms with Crippen LogP contribution in [0.15, 0.2) is 48.5 Å². The topological polar surface area (TPSA) is 101 Å². The lowest BCUT2D eigenvalue weighted by atomic mass is 10.1. The van der Waals surface area contributed by atoms with Crippen LogP contribution in [-0.4, -0.2) is 40.8 Å². The Morgan fingerprint density at radius 1 is 1.00 bits per heavy atom. The smallest absolute Gasteiger partial charge is 0.416 e. The van der Waals surface area contributed by atoms with Gasteiger partial charge in [0.2, 0.25) is 5.69 Å². The molecule has 3 rings (SSSR count). The van der Waals surface area contributed by atoms with Crippen molar-refractivity contribution in [1.82, 2.24) is 15.2 Å². The lowest BCUT2D eigenvalue weighted by Crippen LogP contribution is -2.13. The zero-order valence-electron chi connectivity index (χ0n) is 16.8. The van der Waals surface area contributed by atoms with Gasteiger partial charge in [-0.05, 0) is 31.2 Å². The summed E-state index contributed by atoms with van der Waals surface area (Å²) < 4.78 is 54.5. The Kier molecular flexibility index (Phi) is 6.67. The van der Waals surface area contributed by atoms with Gasteiger partial charge in [0.1, 0.15) is 11.3 Å². The molecular weight excluding hydrogens is 431 g/mol. The molecule has 0 N–H and O–H groups in total. The van der Waals surface area contributed by atoms with Gasteiger partial charge in [-0.15, -0.1) is 10.2 Å². The van der Waals surface area contributed by atoms with Gasteiger partial charge >= 0.3 is 18.1 Å². The maximum Gasteiger partial charge on any atom is 0.416 e. The van der Waals surface area contributed by atoms with Crippen LogP contribution < -0.4 is 4.74 Å². The van der Waals surface area contributed by atoms with E-state index in [0.29, 0.717) is 0 Å². The van der Waals surface area contributed by atoms with Gasteiger partial charge in [-0.3, -0.25) is 0 Å². The Balaban J connectivity index is 2.10. The zero-order chi connectivity index (χ0) is 23.3. The van der Waals surface area contributed by atoms with Crippen molar-refractivity contribution in [3.63, 3.8) is 0 Å². The maximum absolute atomic E-state index is 13.1. The molecule has 0 aliphatic carbocycles. The first-order valence-electron chi connectivity index (χ1n) is 9.19. The molecule has 0 amide bonds. The van der Waals surface area contributed by atoms with E-state index >= 15 is 0 Å². The second-order valence-corrected chi connectivity index (χ2v) is 6.18. The number of esters is 2. The fraction of sp³-hybridized carbons (Fsp3) is 0.190. The van der Waals surface area contributed by atoms with Crippen molar-refractivity contribution in [1.29, 1.82) is 0 Å². The van der Waals surface area contributed by atoms with Crippen LogP contribution in [0.5, 0.6) is 11.6 Å². The molecule has 1 heterocycles. The van der Waals surface area contributed by atoms with Crippen LogP contribution >= 0.6 is 0 Å². The Hall–Kier alpha value is -4.02. The maximum atomic E-state index is 13.1. The number of hydrogen-bond donors (Lipinski definition) is 0. The quantitative estimate of drug-likeness (QED) is 0.516. The molecule has 8 nitrogen and oxygen atoms in total. The van der Waals surface area contributed by atoms with Crippen LogP contribution in [0.1, 0.15) is 33.3 Å². The summed E-state index contributed by atoms with van der Waals surface area (Å²) in [4.78, 5) is 28.4. The molecule has 0 aliphatic heterocycles. The number of ether oxygens (including phenoxy) is 3. The number of nitrogens with zero attached hydrogens (tertiary/aromatic N) is 3. The number of halogens is 3. The molecule has 166 valence electrons. The van der Waals surface area contributed by atoms with Crippen LogP contribution in [0.25, 0.3) is 11.4 Å². The molecule has 0 fully saturated rings. The van der Waals surface area contributed by atoms with E-state index in [-0.39, 0.29) is 29.3 Å². The number of carbonyl (C=O) groups excluding carboxylic acids is 2. The fourth-order valence-electron chi connectivity index (χ4n) is 2.61. The Labute approximate surface area is 180 Å². The Morgan fingerprint density at radius 2 is 1.75 bits per heavy atom. The van der Waals surface area contributed by atoms with Gasteiger partial charge in [-0.2, -0.15) is 18.2 Å². The van der Waals surface area contributed by atoms with Crippen molar-refractivity contribution in [2.45, 2.75) is 13.1 Å². The van der Waals surface area contributed by atoms with Crippen LogP contribution in [0.3, 0.4) is 0 Å². The molecule has 0 radical (unpaired) electrons. The number of para-hydroxylation sites is 1. The normalized spacial score (nSPS) is 11.0. The molecule has 0 atom stereocenters. The average Bonchev–Trinajstić information content (AvgIpc) is 2.78. The van der Waals surface area contributed by atoms with Crippen LogP contribution in [0, 0.1) is 0 Å². The van der Waals surface area contributed by atoms with E-state index in [1.165, 1.54) is 31.4 Å². The van der Waals surface area contributed by atoms with Gasteiger partial charge in [-0.25, -0.2) is 9.59 Å². The third-order valence-electron chi connectivity index (χ3n) is 4.07. The predicted octanol–water partition coefficient (Wildman–Crippen LogP) is 4.31. The number of hydrogen-bond acceptors (Lipinski definition) is 8. The minimum atomic E-state index is -4.58. The monoisotopic (exact) mass is 447 g/mol. The molecule has 0 aliphatic rings. The van der Waals surface area contributed by atoms with Gasteiger partial charge in [0, 0.05) is 5.56 Å². The van der Waals surface area contributed by atoms with E-state index in [4.69, 9.17) is 14.2 Å². The third kappa shape index (κ3) is 4.99. The average molecular weight is 447 g/mol. The van der Waals surface area contributed by atoms with Crippen LogP contribution in [0.4, 0.5) is 13.2 Å². The molecule has 0 spiro atoms. The zero-order valence-corrected chi connectivity index (χ0v) is 16.8. The van der Waals surface area contributed by atoms with E-state index in [0.717, 1.165) is 12.1 Å². The summed E-state index contributed by atoms with van der Waals surface area (Å²) in [5.74, 6) is -2.26. The van der Waals surface area contributed by atoms with Gasteiger partial charge in [0.15, 0.2) is 5.82 Å². The van der Waals surface area contributed by atoms with E-state index in [1.54, 1.807) is 19.1 Å². The van der Waals surface area contributed by atoms with E-state index < -0.39 is 35.3 Å². The van der Waals surface area contributed by atoms with E-state index in [2.05, 4.69) is 15.2 Å². The first-order valence-corrected chi connectivity index (χ1v) is 9.19. The van der Waals surface area contributed by atoms with Crippen molar-refractivity contribution in [2.24, 2.45) is 0 Å². The number of alkyl halides is 3. The molecule has 2 aromatic carbocycles. The van der Waals surface area contributed by atoms with E-state index in [9.17, 15) is 22.8 Å². The highest BCUT2D eigenvalue weighted by atomic mass is 19.4. The van der Waals surface area contributed by atoms with Crippen molar-refractivity contribution in [2.75, 3.05) is 13.7 Å². The van der Waals surface area contributed by atoms with Crippen LogP contribution in [0.2, 0.25) is 0 Å². The van der Waals surface area contributed by atoms with Crippen LogP contribution in [-0.2, 0) is 15.7 Å². The molecular formula is C21H16F3N3O5. The van der Waals surface area contributed by atoms with Gasteiger partial charge in [-0.1, -0.05) is 24.3 Å². The summed E-state index contributed by atoms with van der Waals surface area (Å²) >= 11 is 0. The summed E-state index contributed by atoms with van der Waals surface area (Å²) in [6.07, 6.45) is -4.58. The second kappa shape index (κ2) is 9.41. The largest absolute Gasteiger partial charge is 0.465 e. The minimum Gasteiger partial charge on any atom is -0.465 e. The predicted molar refractivity (Wildman–Crippen MR) is 104 cm³/mol. The SMILES string of the molecule is CCOC(=O)c1nnc(-c2cccc(C(F)(F)F)c2)nc1Oc1ccccc1C(=O)OC. The number of aromatic nitrogens is 3. The highest BCUT2D eigenvalue weighted by molar-refractivity contribution is 5.93. The minimum absolute atomic E-state index is 0.00571. The number of methoxy groups -OCH3 is 1. The van der Waals surface area contributed by atoms with E-state index in [1.807, 2.05) is 0 Å². The third-order valence-corrected chi connectivity index (χ3v) is 4.07. The van der Waals surface area contributed by atoms with Gasteiger partial charge in [0.05, 0.1) is 19.3 Å². The molecule has 0 bridgehead atoms. The lowest BCUT2D eigenvalue weighted by Gasteiger charge is -2.12. The summed E-state index contributed by atoms with van der Waals surface area (Å²) in [5, 5.41) is 7.50. The van der Waals surface area contributed by atoms with Gasteiger partial charge in [0.25, 0.3) is 5.88 Å². The first-order chi connectivity index (χ1) is 15.2. The highest BCUT2D eigenvalue weighted by Crippen LogP contribution is 2.32. The number of carbonyl (C=O) groups is 2. The summed E-state index contributed by atoms with van der Waals surface area (Å²) in [6, 6.07) is 10.3. The van der Waals surface area contributed by atoms with Gasteiger partial charge < -0.3 is 14.2 Å². The molecule has 0 unspecified atom stereocenters. The number of benzene rings is 2. The summed E-state index contributed by atoms with van der Waals surface area (Å²) in [6.45, 7) is 1.59. The van der Waals surface area contributed by atoms with Crippen molar-refractivity contribution in [3.05, 3.63) is 65.4 Å². The summed E-state index contributed by atoms with van der Waals surface area (Å²) in [5.41, 5.74) is -1.30.